The highest BCUT2D eigenvalue weighted by atomic mass is 32.2. The average molecular weight is 486 g/mol. The van der Waals surface area contributed by atoms with E-state index in [0.717, 1.165) is 44.9 Å². The van der Waals surface area contributed by atoms with Gasteiger partial charge in [-0.1, -0.05) is 47.7 Å². The van der Waals surface area contributed by atoms with Crippen LogP contribution in [0.4, 0.5) is 5.69 Å². The second-order valence-corrected chi connectivity index (χ2v) is 9.74. The van der Waals surface area contributed by atoms with Crippen molar-refractivity contribution in [3.63, 3.8) is 0 Å². The Balaban J connectivity index is 1.48. The van der Waals surface area contributed by atoms with Crippen LogP contribution in [0.5, 0.6) is 0 Å². The third-order valence-corrected chi connectivity index (χ3v) is 7.09. The first kappa shape index (κ1) is 23.0. The maximum Gasteiger partial charge on any atom is 0.234 e. The lowest BCUT2D eigenvalue weighted by atomic mass is 10.1. The monoisotopic (exact) mass is 485 g/mol. The summed E-state index contributed by atoms with van der Waals surface area (Å²) in [6.07, 6.45) is 1.68. The van der Waals surface area contributed by atoms with E-state index >= 15 is 0 Å². The standard InChI is InChI=1S/C27H27N5O2S/c1-16-12-18(3)25(19(4)13-16)28-24(33)15-35-27-30-29-26(32(27)20-9-7-6-8-17(20)2)22-14-23-21(31(22)5)10-11-34-23/h6-14H,15H2,1-5H3,(H,28,33). The molecular formula is C27H27N5O2S. The van der Waals surface area contributed by atoms with Gasteiger partial charge < -0.3 is 14.3 Å². The number of rotatable bonds is 6. The first-order valence-corrected chi connectivity index (χ1v) is 12.4. The number of carbonyl (C=O) groups is 1. The van der Waals surface area contributed by atoms with Gasteiger partial charge in [-0.25, -0.2) is 0 Å². The Labute approximate surface area is 208 Å². The molecule has 0 fully saturated rings. The number of thioether (sulfide) groups is 1. The number of hydrogen-bond acceptors (Lipinski definition) is 5. The molecule has 2 aromatic carbocycles. The summed E-state index contributed by atoms with van der Waals surface area (Å²) in [6, 6.07) is 16.1. The number of aromatic nitrogens is 4. The fourth-order valence-corrected chi connectivity index (χ4v) is 5.25. The molecule has 0 spiro atoms. The molecule has 3 heterocycles. The van der Waals surface area contributed by atoms with Gasteiger partial charge in [0, 0.05) is 24.9 Å². The summed E-state index contributed by atoms with van der Waals surface area (Å²) in [7, 11) is 1.98. The molecule has 1 N–H and O–H groups in total. The molecule has 0 aliphatic carbocycles. The molecule has 0 saturated heterocycles. The zero-order chi connectivity index (χ0) is 24.7. The predicted molar refractivity (Wildman–Crippen MR) is 140 cm³/mol. The van der Waals surface area contributed by atoms with Crippen LogP contribution in [0, 0.1) is 27.7 Å². The summed E-state index contributed by atoms with van der Waals surface area (Å²) in [5.41, 5.74) is 8.88. The Morgan fingerprint density at radius 1 is 1.00 bits per heavy atom. The fraction of sp³-hybridized carbons (Fsp3) is 0.222. The van der Waals surface area contributed by atoms with Gasteiger partial charge in [-0.3, -0.25) is 9.36 Å². The highest BCUT2D eigenvalue weighted by Crippen LogP contribution is 2.33. The smallest absolute Gasteiger partial charge is 0.234 e. The Bertz CT molecular complexity index is 1540. The van der Waals surface area contributed by atoms with E-state index in [2.05, 4.69) is 47.6 Å². The summed E-state index contributed by atoms with van der Waals surface area (Å²) < 4.78 is 9.66. The van der Waals surface area contributed by atoms with Crippen LogP contribution >= 0.6 is 11.8 Å². The number of nitrogens with zero attached hydrogens (tertiary/aromatic N) is 4. The topological polar surface area (TPSA) is 77.9 Å². The number of amides is 1. The number of aryl methyl sites for hydroxylation is 5. The molecule has 5 rings (SSSR count). The first-order chi connectivity index (χ1) is 16.8. The summed E-state index contributed by atoms with van der Waals surface area (Å²) in [5, 5.41) is 12.7. The lowest BCUT2D eigenvalue weighted by molar-refractivity contribution is -0.113. The van der Waals surface area contributed by atoms with E-state index in [1.165, 1.54) is 17.3 Å². The van der Waals surface area contributed by atoms with Crippen molar-refractivity contribution in [2.75, 3.05) is 11.1 Å². The second kappa shape index (κ2) is 9.11. The maximum atomic E-state index is 12.9. The van der Waals surface area contributed by atoms with Crippen molar-refractivity contribution in [3.8, 4) is 17.2 Å². The van der Waals surface area contributed by atoms with Crippen LogP contribution in [0.2, 0.25) is 0 Å². The summed E-state index contributed by atoms with van der Waals surface area (Å²) in [4.78, 5) is 12.9. The second-order valence-electron chi connectivity index (χ2n) is 8.80. The Hall–Kier alpha value is -3.78. The molecule has 5 aromatic rings. The molecule has 0 saturated carbocycles. The summed E-state index contributed by atoms with van der Waals surface area (Å²) in [6.45, 7) is 8.14. The molecule has 1 amide bonds. The Kier molecular flexibility index (Phi) is 5.98. The van der Waals surface area contributed by atoms with Crippen molar-refractivity contribution < 1.29 is 9.21 Å². The number of fused-ring (bicyclic) bond motifs is 1. The highest BCUT2D eigenvalue weighted by Gasteiger charge is 2.22. The van der Waals surface area contributed by atoms with Crippen LogP contribution in [-0.4, -0.2) is 31.0 Å². The molecular weight excluding hydrogens is 458 g/mol. The Morgan fingerprint density at radius 3 is 2.46 bits per heavy atom. The van der Waals surface area contributed by atoms with Gasteiger partial charge in [-0.2, -0.15) is 0 Å². The molecule has 8 heteroatoms. The van der Waals surface area contributed by atoms with E-state index in [4.69, 9.17) is 4.42 Å². The van der Waals surface area contributed by atoms with E-state index in [9.17, 15) is 4.79 Å². The number of furan rings is 1. The minimum atomic E-state index is -0.0812. The van der Waals surface area contributed by atoms with E-state index < -0.39 is 0 Å². The normalized spacial score (nSPS) is 11.3. The third-order valence-electron chi connectivity index (χ3n) is 6.16. The molecule has 3 aromatic heterocycles. The number of hydrogen-bond donors (Lipinski definition) is 1. The lowest BCUT2D eigenvalue weighted by Gasteiger charge is -2.14. The van der Waals surface area contributed by atoms with Crippen LogP contribution in [0.3, 0.4) is 0 Å². The summed E-state index contributed by atoms with van der Waals surface area (Å²) >= 11 is 1.37. The highest BCUT2D eigenvalue weighted by molar-refractivity contribution is 7.99. The van der Waals surface area contributed by atoms with Crippen LogP contribution in [-0.2, 0) is 11.8 Å². The molecule has 0 radical (unpaired) electrons. The van der Waals surface area contributed by atoms with Gasteiger partial charge in [0.15, 0.2) is 16.6 Å². The molecule has 0 unspecified atom stereocenters. The molecule has 0 atom stereocenters. The van der Waals surface area contributed by atoms with Gasteiger partial charge in [0.05, 0.1) is 28.9 Å². The van der Waals surface area contributed by atoms with Crippen LogP contribution < -0.4 is 5.32 Å². The minimum absolute atomic E-state index is 0.0812. The Morgan fingerprint density at radius 2 is 1.74 bits per heavy atom. The lowest BCUT2D eigenvalue weighted by Crippen LogP contribution is -2.16. The van der Waals surface area contributed by atoms with Gasteiger partial charge in [-0.15, -0.1) is 10.2 Å². The van der Waals surface area contributed by atoms with Crippen molar-refractivity contribution in [2.24, 2.45) is 7.05 Å². The quantitative estimate of drug-likeness (QED) is 0.299. The molecule has 0 aliphatic heterocycles. The van der Waals surface area contributed by atoms with Gasteiger partial charge >= 0.3 is 0 Å². The van der Waals surface area contributed by atoms with E-state index in [1.54, 1.807) is 6.26 Å². The predicted octanol–water partition coefficient (Wildman–Crippen LogP) is 5.98. The summed E-state index contributed by atoms with van der Waals surface area (Å²) in [5.74, 6) is 0.829. The molecule has 0 bridgehead atoms. The molecule has 35 heavy (non-hydrogen) atoms. The molecule has 7 nitrogen and oxygen atoms in total. The zero-order valence-electron chi connectivity index (χ0n) is 20.4. The van der Waals surface area contributed by atoms with Crippen LogP contribution in [0.15, 0.2) is 64.4 Å². The van der Waals surface area contributed by atoms with Crippen molar-refractivity contribution in [3.05, 3.63) is 77.0 Å². The molecule has 178 valence electrons. The largest absolute Gasteiger partial charge is 0.463 e. The van der Waals surface area contributed by atoms with Crippen molar-refractivity contribution in [1.29, 1.82) is 0 Å². The average Bonchev–Trinajstić information content (AvgIpc) is 3.51. The zero-order valence-corrected chi connectivity index (χ0v) is 21.2. The fourth-order valence-electron chi connectivity index (χ4n) is 4.51. The van der Waals surface area contributed by atoms with Crippen LogP contribution in [0.1, 0.15) is 22.3 Å². The van der Waals surface area contributed by atoms with Gasteiger partial charge in [-0.05, 0) is 50.5 Å². The van der Waals surface area contributed by atoms with Gasteiger partial charge in [0.25, 0.3) is 0 Å². The van der Waals surface area contributed by atoms with Gasteiger partial charge in [0.1, 0.15) is 0 Å². The SMILES string of the molecule is Cc1cc(C)c(NC(=O)CSc2nnc(-c3cc4occc4n3C)n2-c2ccccc2C)c(C)c1. The van der Waals surface area contributed by atoms with Crippen LogP contribution in [0.25, 0.3) is 28.3 Å². The van der Waals surface area contributed by atoms with Crippen molar-refractivity contribution in [1.82, 2.24) is 19.3 Å². The maximum absolute atomic E-state index is 12.9. The van der Waals surface area contributed by atoms with Gasteiger partial charge in [0.2, 0.25) is 5.91 Å². The van der Waals surface area contributed by atoms with E-state index in [-0.39, 0.29) is 11.7 Å². The third kappa shape index (κ3) is 4.25. The number of para-hydroxylation sites is 1. The number of nitrogens with one attached hydrogen (secondary N) is 1. The molecule has 0 aliphatic rings. The van der Waals surface area contributed by atoms with Crippen molar-refractivity contribution in [2.45, 2.75) is 32.9 Å². The van der Waals surface area contributed by atoms with E-state index in [1.807, 2.05) is 60.4 Å². The minimum Gasteiger partial charge on any atom is -0.463 e. The number of benzene rings is 2. The van der Waals surface area contributed by atoms with E-state index in [0.29, 0.717) is 11.0 Å². The van der Waals surface area contributed by atoms with Crippen molar-refractivity contribution >= 4 is 34.5 Å². The number of anilines is 1. The first-order valence-electron chi connectivity index (χ1n) is 11.4. The number of carbonyl (C=O) groups excluding carboxylic acids is 1.